The minimum atomic E-state index is -1.16. The number of esters is 1. The van der Waals surface area contributed by atoms with Gasteiger partial charge in [0.05, 0.1) is 0 Å². The predicted octanol–water partition coefficient (Wildman–Crippen LogP) is 2.52. The number of ketones is 3. The first-order chi connectivity index (χ1) is 12.8. The summed E-state index contributed by atoms with van der Waals surface area (Å²) in [7, 11) is 0. The fourth-order valence-corrected chi connectivity index (χ4v) is 7.38. The van der Waals surface area contributed by atoms with Gasteiger partial charge >= 0.3 is 5.97 Å². The van der Waals surface area contributed by atoms with Crippen molar-refractivity contribution in [3.63, 3.8) is 0 Å². The van der Waals surface area contributed by atoms with E-state index in [0.717, 1.165) is 19.3 Å². The Balaban J connectivity index is 1.65. The van der Waals surface area contributed by atoms with Crippen LogP contribution in [-0.4, -0.2) is 29.4 Å². The molecule has 5 fully saturated rings. The summed E-state index contributed by atoms with van der Waals surface area (Å²) < 4.78 is 5.61. The SMILES string of the molecule is CC(=O)CC1[C@@H]2[C@H]3C[C@@H](C)C(=O)[C@H]3C=C[C@@H]2CC2C[C@@H]3CC(=O)[C@@]21C(=O)O3. The minimum absolute atomic E-state index is 0.00125. The Morgan fingerprint density at radius 3 is 2.67 bits per heavy atom. The zero-order chi connectivity index (χ0) is 19.1. The molecule has 2 saturated heterocycles. The maximum atomic E-state index is 13.2. The van der Waals surface area contributed by atoms with Gasteiger partial charge in [-0.3, -0.25) is 14.4 Å². The maximum Gasteiger partial charge on any atom is 0.320 e. The zero-order valence-electron chi connectivity index (χ0n) is 15.9. The number of carbonyl (C=O) groups is 4. The van der Waals surface area contributed by atoms with Gasteiger partial charge in [0.1, 0.15) is 23.1 Å². The molecular formula is C22H26O5. The zero-order valence-corrected chi connectivity index (χ0v) is 15.9. The van der Waals surface area contributed by atoms with Crippen molar-refractivity contribution in [3.05, 3.63) is 12.2 Å². The summed E-state index contributed by atoms with van der Waals surface area (Å²) in [6.45, 7) is 3.51. The molecule has 2 unspecified atom stereocenters. The molecule has 0 aromatic carbocycles. The number of hydrogen-bond donors (Lipinski definition) is 0. The number of rotatable bonds is 2. The molecule has 5 nitrogen and oxygen atoms in total. The van der Waals surface area contributed by atoms with Crippen LogP contribution in [-0.2, 0) is 23.9 Å². The Labute approximate surface area is 158 Å². The van der Waals surface area contributed by atoms with Gasteiger partial charge in [0.25, 0.3) is 0 Å². The van der Waals surface area contributed by atoms with E-state index < -0.39 is 11.4 Å². The first-order valence-corrected chi connectivity index (χ1v) is 10.3. The molecule has 0 aromatic rings. The normalized spacial score (nSPS) is 50.1. The Morgan fingerprint density at radius 2 is 1.96 bits per heavy atom. The molecule has 2 heterocycles. The third kappa shape index (κ3) is 2.11. The fourth-order valence-electron chi connectivity index (χ4n) is 7.38. The van der Waals surface area contributed by atoms with Crippen LogP contribution in [0.3, 0.4) is 0 Å². The van der Waals surface area contributed by atoms with E-state index in [4.69, 9.17) is 4.74 Å². The van der Waals surface area contributed by atoms with Crippen molar-refractivity contribution in [2.24, 2.45) is 46.8 Å². The van der Waals surface area contributed by atoms with Crippen LogP contribution in [0.1, 0.15) is 46.0 Å². The van der Waals surface area contributed by atoms with Gasteiger partial charge < -0.3 is 9.53 Å². The first-order valence-electron chi connectivity index (χ1n) is 10.3. The summed E-state index contributed by atoms with van der Waals surface area (Å²) in [6.07, 6.45) is 6.75. The Kier molecular flexibility index (Phi) is 3.60. The summed E-state index contributed by atoms with van der Waals surface area (Å²) in [5.41, 5.74) is -1.16. The lowest BCUT2D eigenvalue weighted by Gasteiger charge is -2.60. The molecule has 1 spiro atoms. The molecule has 5 heteroatoms. The molecule has 3 saturated carbocycles. The van der Waals surface area contributed by atoms with Gasteiger partial charge in [0.15, 0.2) is 5.78 Å². The molecule has 6 aliphatic rings. The van der Waals surface area contributed by atoms with Gasteiger partial charge in [0, 0.05) is 24.7 Å². The topological polar surface area (TPSA) is 77.5 Å². The Hall–Kier alpha value is -1.78. The number of Topliss-reactive ketones (excluding diaryl/α,β-unsaturated/α-hetero) is 3. The highest BCUT2D eigenvalue weighted by atomic mass is 16.5. The monoisotopic (exact) mass is 370 g/mol. The second kappa shape index (κ2) is 5.62. The predicted molar refractivity (Wildman–Crippen MR) is 95.3 cm³/mol. The molecule has 144 valence electrons. The summed E-state index contributed by atoms with van der Waals surface area (Å²) >= 11 is 0. The first kappa shape index (κ1) is 17.3. The van der Waals surface area contributed by atoms with Gasteiger partial charge in [-0.05, 0) is 55.8 Å². The average Bonchev–Trinajstić information content (AvgIpc) is 2.88. The standard InChI is InChI=1S/C22H26O5/c1-10-5-16-15(20(10)25)4-3-12-7-13-8-14-9-18(24)22(13,21(26)27-14)17(19(12)16)6-11(2)23/h3-4,10,12-17,19H,5-9H2,1-2H3/t10-,12-,13?,14-,15+,16+,17?,19+,22-/m1/s1. The van der Waals surface area contributed by atoms with Gasteiger partial charge in [-0.1, -0.05) is 19.1 Å². The molecule has 4 aliphatic carbocycles. The van der Waals surface area contributed by atoms with E-state index in [9.17, 15) is 19.2 Å². The van der Waals surface area contributed by atoms with Gasteiger partial charge in [-0.2, -0.15) is 0 Å². The van der Waals surface area contributed by atoms with Crippen molar-refractivity contribution in [2.75, 3.05) is 0 Å². The van der Waals surface area contributed by atoms with E-state index in [-0.39, 0.29) is 77.7 Å². The summed E-state index contributed by atoms with van der Waals surface area (Å²) in [5.74, 6) is -0.256. The van der Waals surface area contributed by atoms with Crippen molar-refractivity contribution in [2.45, 2.75) is 52.1 Å². The molecule has 0 amide bonds. The lowest BCUT2D eigenvalue weighted by Crippen LogP contribution is -2.67. The second-order valence-corrected chi connectivity index (χ2v) is 9.56. The lowest BCUT2D eigenvalue weighted by molar-refractivity contribution is -0.213. The van der Waals surface area contributed by atoms with Crippen molar-refractivity contribution in [1.29, 1.82) is 0 Å². The third-order valence-corrected chi connectivity index (χ3v) is 8.25. The summed E-state index contributed by atoms with van der Waals surface area (Å²) in [4.78, 5) is 51.1. The molecule has 27 heavy (non-hydrogen) atoms. The average molecular weight is 370 g/mol. The van der Waals surface area contributed by atoms with E-state index in [2.05, 4.69) is 12.2 Å². The Bertz CT molecular complexity index is 762. The van der Waals surface area contributed by atoms with Crippen LogP contribution in [0.5, 0.6) is 0 Å². The summed E-state index contributed by atoms with van der Waals surface area (Å²) in [5, 5.41) is 0. The molecule has 9 atom stereocenters. The fraction of sp³-hybridized carbons (Fsp3) is 0.727. The van der Waals surface area contributed by atoms with Crippen molar-refractivity contribution in [3.8, 4) is 0 Å². The van der Waals surface area contributed by atoms with Crippen LogP contribution in [0.15, 0.2) is 12.2 Å². The van der Waals surface area contributed by atoms with E-state index >= 15 is 0 Å². The number of allylic oxidation sites excluding steroid dienone is 2. The van der Waals surface area contributed by atoms with Crippen molar-refractivity contribution < 1.29 is 23.9 Å². The highest BCUT2D eigenvalue weighted by Crippen LogP contribution is 2.64. The lowest BCUT2D eigenvalue weighted by atomic mass is 9.43. The highest BCUT2D eigenvalue weighted by molar-refractivity contribution is 6.08. The van der Waals surface area contributed by atoms with Crippen LogP contribution in [0.4, 0.5) is 0 Å². The molecule has 2 aliphatic heterocycles. The molecular weight excluding hydrogens is 344 g/mol. The van der Waals surface area contributed by atoms with Gasteiger partial charge in [-0.25, -0.2) is 0 Å². The second-order valence-electron chi connectivity index (χ2n) is 9.56. The van der Waals surface area contributed by atoms with Crippen LogP contribution < -0.4 is 0 Å². The highest BCUT2D eigenvalue weighted by Gasteiger charge is 2.70. The van der Waals surface area contributed by atoms with Crippen LogP contribution in [0.2, 0.25) is 0 Å². The van der Waals surface area contributed by atoms with E-state index in [1.807, 2.05) is 6.92 Å². The molecule has 0 radical (unpaired) electrons. The van der Waals surface area contributed by atoms with Gasteiger partial charge in [-0.15, -0.1) is 0 Å². The smallest absolute Gasteiger partial charge is 0.320 e. The number of carbonyl (C=O) groups excluding carboxylic acids is 4. The van der Waals surface area contributed by atoms with Crippen LogP contribution >= 0.6 is 0 Å². The summed E-state index contributed by atoms with van der Waals surface area (Å²) in [6, 6.07) is 0. The number of hydrogen-bond acceptors (Lipinski definition) is 5. The molecule has 2 bridgehead atoms. The minimum Gasteiger partial charge on any atom is -0.461 e. The largest absolute Gasteiger partial charge is 0.461 e. The molecule has 0 aromatic heterocycles. The number of fused-ring (bicyclic) bond motifs is 5. The van der Waals surface area contributed by atoms with E-state index in [1.165, 1.54) is 6.92 Å². The van der Waals surface area contributed by atoms with Crippen molar-refractivity contribution in [1.82, 2.24) is 0 Å². The van der Waals surface area contributed by atoms with Gasteiger partial charge in [0.2, 0.25) is 0 Å². The molecule has 0 N–H and O–H groups in total. The molecule has 6 rings (SSSR count). The van der Waals surface area contributed by atoms with Crippen LogP contribution in [0, 0.1) is 46.8 Å². The number of ether oxygens (including phenoxy) is 1. The van der Waals surface area contributed by atoms with E-state index in [0.29, 0.717) is 0 Å². The maximum absolute atomic E-state index is 13.2. The van der Waals surface area contributed by atoms with Crippen molar-refractivity contribution >= 4 is 23.3 Å². The third-order valence-electron chi connectivity index (χ3n) is 8.25. The Morgan fingerprint density at radius 1 is 1.19 bits per heavy atom. The van der Waals surface area contributed by atoms with Crippen LogP contribution in [0.25, 0.3) is 0 Å². The van der Waals surface area contributed by atoms with E-state index in [1.54, 1.807) is 0 Å². The quantitative estimate of drug-likeness (QED) is 0.424.